The number of halogens is 1. The van der Waals surface area contributed by atoms with Crippen LogP contribution in [0.15, 0.2) is 48.5 Å². The summed E-state index contributed by atoms with van der Waals surface area (Å²) in [6.45, 7) is 0.288. The topological polar surface area (TPSA) is 96.0 Å². The lowest BCUT2D eigenvalue weighted by molar-refractivity contribution is -0.153. The van der Waals surface area contributed by atoms with Gasteiger partial charge in [-0.05, 0) is 62.1 Å². The maximum Gasteiger partial charge on any atom is 0.309 e. The summed E-state index contributed by atoms with van der Waals surface area (Å²) in [6, 6.07) is 12.5. The molecule has 36 heavy (non-hydrogen) atoms. The molecule has 2 aliphatic heterocycles. The highest BCUT2D eigenvalue weighted by Crippen LogP contribution is 2.45. The summed E-state index contributed by atoms with van der Waals surface area (Å²) < 4.78 is 18.6. The van der Waals surface area contributed by atoms with Gasteiger partial charge in [-0.3, -0.25) is 24.1 Å². The monoisotopic (exact) mass is 493 g/mol. The third kappa shape index (κ3) is 4.34. The number of amides is 3. The number of esters is 1. The molecule has 0 aromatic heterocycles. The van der Waals surface area contributed by atoms with Crippen LogP contribution in [0, 0.1) is 11.7 Å². The third-order valence-corrected chi connectivity index (χ3v) is 7.47. The van der Waals surface area contributed by atoms with Crippen molar-refractivity contribution in [1.82, 2.24) is 4.90 Å². The second-order valence-electron chi connectivity index (χ2n) is 9.62. The van der Waals surface area contributed by atoms with Crippen molar-refractivity contribution >= 4 is 35.1 Å². The molecule has 9 heteroatoms. The van der Waals surface area contributed by atoms with E-state index in [2.05, 4.69) is 5.32 Å². The van der Waals surface area contributed by atoms with Crippen LogP contribution in [0.3, 0.4) is 0 Å². The van der Waals surface area contributed by atoms with Crippen molar-refractivity contribution < 1.29 is 28.3 Å². The SMILES string of the molecule is O=C(OCC(=O)N1c2ccccc2NC(=O)C12CCCC2)C1CCN(C(=O)c2ccc(F)cc2)CC1. The van der Waals surface area contributed by atoms with E-state index in [1.54, 1.807) is 23.1 Å². The van der Waals surface area contributed by atoms with Crippen LogP contribution in [-0.4, -0.2) is 53.8 Å². The Hall–Kier alpha value is -3.75. The molecule has 0 bridgehead atoms. The average molecular weight is 494 g/mol. The maximum atomic E-state index is 13.4. The predicted molar refractivity (Wildman–Crippen MR) is 130 cm³/mol. The molecule has 5 rings (SSSR count). The molecular formula is C27H28FN3O5. The van der Waals surface area contributed by atoms with E-state index < -0.39 is 35.8 Å². The molecule has 3 aliphatic rings. The Balaban J connectivity index is 1.20. The highest BCUT2D eigenvalue weighted by atomic mass is 19.1. The second-order valence-corrected chi connectivity index (χ2v) is 9.62. The number of hydrogen-bond acceptors (Lipinski definition) is 5. The van der Waals surface area contributed by atoms with Crippen molar-refractivity contribution in [2.75, 3.05) is 29.9 Å². The number of para-hydroxylation sites is 2. The van der Waals surface area contributed by atoms with Gasteiger partial charge in [-0.1, -0.05) is 25.0 Å². The van der Waals surface area contributed by atoms with E-state index in [9.17, 15) is 23.6 Å². The average Bonchev–Trinajstić information content (AvgIpc) is 3.38. The van der Waals surface area contributed by atoms with Gasteiger partial charge in [-0.25, -0.2) is 4.39 Å². The lowest BCUT2D eigenvalue weighted by Gasteiger charge is -2.44. The highest BCUT2D eigenvalue weighted by Gasteiger charge is 2.52. The molecule has 2 heterocycles. The molecule has 0 unspecified atom stereocenters. The first-order chi connectivity index (χ1) is 17.4. The van der Waals surface area contributed by atoms with Crippen LogP contribution in [0.2, 0.25) is 0 Å². The minimum absolute atomic E-state index is 0.198. The van der Waals surface area contributed by atoms with Crippen LogP contribution in [0.4, 0.5) is 15.8 Å². The summed E-state index contributed by atoms with van der Waals surface area (Å²) >= 11 is 0. The zero-order valence-electron chi connectivity index (χ0n) is 19.9. The van der Waals surface area contributed by atoms with Gasteiger partial charge in [0.1, 0.15) is 11.4 Å². The van der Waals surface area contributed by atoms with Gasteiger partial charge in [-0.15, -0.1) is 0 Å². The van der Waals surface area contributed by atoms with E-state index in [1.165, 1.54) is 29.2 Å². The summed E-state index contributed by atoms with van der Waals surface area (Å²) in [6.07, 6.45) is 3.64. The first-order valence-corrected chi connectivity index (χ1v) is 12.3. The molecule has 8 nitrogen and oxygen atoms in total. The number of ether oxygens (including phenoxy) is 1. The predicted octanol–water partition coefficient (Wildman–Crippen LogP) is 3.52. The van der Waals surface area contributed by atoms with E-state index in [0.717, 1.165) is 12.8 Å². The van der Waals surface area contributed by atoms with E-state index in [0.29, 0.717) is 55.7 Å². The molecule has 0 atom stereocenters. The Morgan fingerprint density at radius 3 is 2.36 bits per heavy atom. The van der Waals surface area contributed by atoms with Gasteiger partial charge < -0.3 is 15.0 Å². The van der Waals surface area contributed by atoms with Crippen molar-refractivity contribution in [1.29, 1.82) is 0 Å². The number of carbonyl (C=O) groups excluding carboxylic acids is 4. The van der Waals surface area contributed by atoms with Gasteiger partial charge in [0, 0.05) is 18.7 Å². The van der Waals surface area contributed by atoms with Crippen LogP contribution >= 0.6 is 0 Å². The van der Waals surface area contributed by atoms with Crippen LogP contribution < -0.4 is 10.2 Å². The number of fused-ring (bicyclic) bond motifs is 1. The van der Waals surface area contributed by atoms with Crippen molar-refractivity contribution in [3.63, 3.8) is 0 Å². The molecule has 1 spiro atoms. The molecule has 1 aliphatic carbocycles. The molecule has 3 amide bonds. The Morgan fingerprint density at radius 1 is 1.00 bits per heavy atom. The van der Waals surface area contributed by atoms with Crippen molar-refractivity contribution in [3.8, 4) is 0 Å². The quantitative estimate of drug-likeness (QED) is 0.658. The first-order valence-electron chi connectivity index (χ1n) is 12.3. The first kappa shape index (κ1) is 24.0. The van der Waals surface area contributed by atoms with E-state index >= 15 is 0 Å². The largest absolute Gasteiger partial charge is 0.455 e. The number of anilines is 2. The van der Waals surface area contributed by atoms with Crippen LogP contribution in [0.5, 0.6) is 0 Å². The minimum atomic E-state index is -0.954. The number of nitrogens with zero attached hydrogens (tertiary/aromatic N) is 2. The fraction of sp³-hybridized carbons (Fsp3) is 0.407. The normalized spacial score (nSPS) is 19.1. The molecule has 0 radical (unpaired) electrons. The van der Waals surface area contributed by atoms with Crippen LogP contribution in [0.1, 0.15) is 48.9 Å². The molecule has 1 saturated carbocycles. The number of carbonyl (C=O) groups is 4. The molecule has 188 valence electrons. The standard InChI is InChI=1S/C27H28FN3O5/c28-20-9-7-18(8-10-20)24(33)30-15-11-19(12-16-30)25(34)36-17-23(32)31-22-6-2-1-5-21(22)29-26(35)27(31)13-3-4-14-27/h1-2,5-10,19H,3-4,11-17H2,(H,29,35). The molecule has 1 saturated heterocycles. The number of likely N-dealkylation sites (tertiary alicyclic amines) is 1. The van der Waals surface area contributed by atoms with Gasteiger partial charge in [0.15, 0.2) is 6.61 Å². The van der Waals surface area contributed by atoms with Crippen molar-refractivity contribution in [2.24, 2.45) is 5.92 Å². The zero-order valence-corrected chi connectivity index (χ0v) is 19.9. The van der Waals surface area contributed by atoms with Crippen LogP contribution in [0.25, 0.3) is 0 Å². The third-order valence-electron chi connectivity index (χ3n) is 7.47. The number of hydrogen-bond donors (Lipinski definition) is 1. The molecular weight excluding hydrogens is 465 g/mol. The number of nitrogens with one attached hydrogen (secondary N) is 1. The summed E-state index contributed by atoms with van der Waals surface area (Å²) in [5.74, 6) is -2.14. The van der Waals surface area contributed by atoms with Crippen LogP contribution in [-0.2, 0) is 19.1 Å². The van der Waals surface area contributed by atoms with Gasteiger partial charge in [0.05, 0.1) is 17.3 Å². The Kier molecular flexibility index (Phi) is 6.47. The number of rotatable bonds is 4. The Morgan fingerprint density at radius 2 is 1.67 bits per heavy atom. The molecule has 2 aromatic carbocycles. The fourth-order valence-electron chi connectivity index (χ4n) is 5.54. The Bertz CT molecular complexity index is 1180. The Labute approximate surface area is 208 Å². The fourth-order valence-corrected chi connectivity index (χ4v) is 5.54. The maximum absolute atomic E-state index is 13.4. The van der Waals surface area contributed by atoms with Gasteiger partial charge in [0.2, 0.25) is 0 Å². The summed E-state index contributed by atoms with van der Waals surface area (Å²) in [7, 11) is 0. The van der Waals surface area contributed by atoms with Gasteiger partial charge in [-0.2, -0.15) is 0 Å². The zero-order chi connectivity index (χ0) is 25.3. The molecule has 1 N–H and O–H groups in total. The van der Waals surface area contributed by atoms with E-state index in [4.69, 9.17) is 4.74 Å². The minimum Gasteiger partial charge on any atom is -0.455 e. The number of piperidine rings is 1. The summed E-state index contributed by atoms with van der Waals surface area (Å²) in [5.41, 5.74) is 0.629. The summed E-state index contributed by atoms with van der Waals surface area (Å²) in [4.78, 5) is 55.0. The lowest BCUT2D eigenvalue weighted by Crippen LogP contribution is -2.61. The van der Waals surface area contributed by atoms with E-state index in [-0.39, 0.29) is 11.8 Å². The van der Waals surface area contributed by atoms with Crippen molar-refractivity contribution in [2.45, 2.75) is 44.1 Å². The van der Waals surface area contributed by atoms with E-state index in [1.807, 2.05) is 6.07 Å². The number of benzene rings is 2. The molecule has 2 fully saturated rings. The highest BCUT2D eigenvalue weighted by molar-refractivity contribution is 6.15. The van der Waals surface area contributed by atoms with Gasteiger partial charge in [0.25, 0.3) is 17.7 Å². The van der Waals surface area contributed by atoms with Gasteiger partial charge >= 0.3 is 5.97 Å². The second kappa shape index (κ2) is 9.72. The lowest BCUT2D eigenvalue weighted by atomic mass is 9.90. The molecule has 2 aromatic rings. The summed E-state index contributed by atoms with van der Waals surface area (Å²) in [5, 5.41) is 2.93. The smallest absolute Gasteiger partial charge is 0.309 e. The van der Waals surface area contributed by atoms with Crippen molar-refractivity contribution in [3.05, 3.63) is 59.9 Å².